The number of carbonyl (C=O) groups is 1. The predicted octanol–water partition coefficient (Wildman–Crippen LogP) is 5.80. The van der Waals surface area contributed by atoms with Crippen LogP contribution in [0.15, 0.2) is 83.3 Å². The molecule has 0 radical (unpaired) electrons. The second-order valence-electron chi connectivity index (χ2n) is 5.91. The topological polar surface area (TPSA) is 55.1 Å². The van der Waals surface area contributed by atoms with Gasteiger partial charge in [0.2, 0.25) is 11.8 Å². The van der Waals surface area contributed by atoms with E-state index in [4.69, 9.17) is 16.0 Å². The quantitative estimate of drug-likeness (QED) is 0.459. The number of aromatic nitrogens is 1. The minimum atomic E-state index is -0.215. The molecule has 4 rings (SSSR count). The molecule has 0 aliphatic rings. The molecule has 1 heterocycles. The predicted molar refractivity (Wildman–Crippen MR) is 109 cm³/mol. The van der Waals surface area contributed by atoms with E-state index in [0.717, 1.165) is 11.1 Å². The van der Waals surface area contributed by atoms with Crippen LogP contribution < -0.4 is 5.32 Å². The smallest absolute Gasteiger partial charge is 0.248 e. The van der Waals surface area contributed by atoms with Crippen molar-refractivity contribution in [2.75, 3.05) is 5.32 Å². The normalized spacial score (nSPS) is 11.1. The van der Waals surface area contributed by atoms with Crippen molar-refractivity contribution in [1.29, 1.82) is 0 Å². The van der Waals surface area contributed by atoms with Crippen molar-refractivity contribution < 1.29 is 9.21 Å². The zero-order valence-electron chi connectivity index (χ0n) is 14.2. The highest BCUT2D eigenvalue weighted by Gasteiger charge is 2.11. The Hall–Kier alpha value is -3.37. The van der Waals surface area contributed by atoms with Crippen LogP contribution in [0.2, 0.25) is 5.02 Å². The second-order valence-corrected chi connectivity index (χ2v) is 6.32. The fourth-order valence-corrected chi connectivity index (χ4v) is 2.89. The van der Waals surface area contributed by atoms with E-state index in [-0.39, 0.29) is 5.91 Å². The average molecular weight is 375 g/mol. The number of anilines is 1. The summed E-state index contributed by atoms with van der Waals surface area (Å²) in [5, 5.41) is 3.40. The minimum absolute atomic E-state index is 0.215. The maximum atomic E-state index is 12.1. The third-order valence-electron chi connectivity index (χ3n) is 3.99. The summed E-state index contributed by atoms with van der Waals surface area (Å²) in [5.74, 6) is 0.232. The third kappa shape index (κ3) is 3.91. The molecule has 4 nitrogen and oxygen atoms in total. The van der Waals surface area contributed by atoms with Crippen molar-refractivity contribution in [2.24, 2.45) is 0 Å². The number of rotatable bonds is 4. The Balaban J connectivity index is 1.54. The number of hydrogen-bond donors (Lipinski definition) is 1. The second kappa shape index (κ2) is 7.48. The van der Waals surface area contributed by atoms with E-state index < -0.39 is 0 Å². The molecule has 3 aromatic carbocycles. The van der Waals surface area contributed by atoms with Crippen LogP contribution in [-0.2, 0) is 4.79 Å². The van der Waals surface area contributed by atoms with Crippen molar-refractivity contribution in [2.45, 2.75) is 0 Å². The van der Waals surface area contributed by atoms with Crippen LogP contribution in [-0.4, -0.2) is 10.9 Å². The van der Waals surface area contributed by atoms with Gasteiger partial charge in [-0.1, -0.05) is 54.1 Å². The number of halogens is 1. The highest BCUT2D eigenvalue weighted by atomic mass is 35.5. The lowest BCUT2D eigenvalue weighted by Gasteiger charge is -2.01. The molecule has 0 aliphatic heterocycles. The lowest BCUT2D eigenvalue weighted by molar-refractivity contribution is -0.111. The minimum Gasteiger partial charge on any atom is -0.436 e. The molecule has 132 valence electrons. The molecule has 1 aromatic heterocycles. The first kappa shape index (κ1) is 17.1. The SMILES string of the molecule is O=C(/C=C/c1ccccc1)Nc1ccc2oc(-c3ccccc3Cl)nc2c1. The lowest BCUT2D eigenvalue weighted by atomic mass is 10.2. The molecule has 0 fully saturated rings. The van der Waals surface area contributed by atoms with Gasteiger partial charge in [0, 0.05) is 11.8 Å². The summed E-state index contributed by atoms with van der Waals surface area (Å²) in [7, 11) is 0. The molecule has 0 saturated carbocycles. The number of amides is 1. The van der Waals surface area contributed by atoms with Gasteiger partial charge in [-0.3, -0.25) is 4.79 Å². The molecule has 5 heteroatoms. The number of fused-ring (bicyclic) bond motifs is 1. The molecular weight excluding hydrogens is 360 g/mol. The van der Waals surface area contributed by atoms with E-state index in [1.807, 2.05) is 48.5 Å². The monoisotopic (exact) mass is 374 g/mol. The molecule has 0 atom stereocenters. The van der Waals surface area contributed by atoms with Gasteiger partial charge in [0.25, 0.3) is 0 Å². The Labute approximate surface area is 161 Å². The van der Waals surface area contributed by atoms with Gasteiger partial charge in [-0.15, -0.1) is 0 Å². The molecule has 1 N–H and O–H groups in total. The maximum absolute atomic E-state index is 12.1. The first-order valence-electron chi connectivity index (χ1n) is 8.39. The summed E-state index contributed by atoms with van der Waals surface area (Å²) in [6.07, 6.45) is 3.26. The van der Waals surface area contributed by atoms with Crippen LogP contribution in [0.1, 0.15) is 5.56 Å². The van der Waals surface area contributed by atoms with Crippen molar-refractivity contribution in [1.82, 2.24) is 4.98 Å². The zero-order valence-corrected chi connectivity index (χ0v) is 15.0. The number of nitrogens with one attached hydrogen (secondary N) is 1. The number of hydrogen-bond acceptors (Lipinski definition) is 3. The van der Waals surface area contributed by atoms with Crippen LogP contribution in [0, 0.1) is 0 Å². The summed E-state index contributed by atoms with van der Waals surface area (Å²) in [4.78, 5) is 16.6. The average Bonchev–Trinajstić information content (AvgIpc) is 3.10. The van der Waals surface area contributed by atoms with Crippen LogP contribution >= 0.6 is 11.6 Å². The summed E-state index contributed by atoms with van der Waals surface area (Å²) < 4.78 is 5.78. The summed E-state index contributed by atoms with van der Waals surface area (Å²) in [6.45, 7) is 0. The molecule has 0 aliphatic carbocycles. The Morgan fingerprint density at radius 2 is 1.78 bits per heavy atom. The van der Waals surface area contributed by atoms with Crippen molar-refractivity contribution in [3.8, 4) is 11.5 Å². The van der Waals surface area contributed by atoms with E-state index in [1.165, 1.54) is 6.08 Å². The van der Waals surface area contributed by atoms with Gasteiger partial charge in [-0.05, 0) is 42.0 Å². The van der Waals surface area contributed by atoms with E-state index in [9.17, 15) is 4.79 Å². The van der Waals surface area contributed by atoms with E-state index in [0.29, 0.717) is 27.7 Å². The molecule has 0 bridgehead atoms. The number of oxazole rings is 1. The summed E-state index contributed by atoms with van der Waals surface area (Å²) in [6, 6.07) is 22.3. The van der Waals surface area contributed by atoms with Crippen molar-refractivity contribution >= 4 is 40.4 Å². The van der Waals surface area contributed by atoms with Crippen LogP contribution in [0.4, 0.5) is 5.69 Å². The van der Waals surface area contributed by atoms with Gasteiger partial charge in [0.05, 0.1) is 10.6 Å². The van der Waals surface area contributed by atoms with Crippen LogP contribution in [0.5, 0.6) is 0 Å². The molecule has 0 saturated heterocycles. The van der Waals surface area contributed by atoms with Gasteiger partial charge in [0.15, 0.2) is 5.58 Å². The van der Waals surface area contributed by atoms with E-state index in [1.54, 1.807) is 30.3 Å². The first-order valence-corrected chi connectivity index (χ1v) is 8.76. The Morgan fingerprint density at radius 3 is 2.59 bits per heavy atom. The highest BCUT2D eigenvalue weighted by Crippen LogP contribution is 2.30. The molecule has 0 spiro atoms. The van der Waals surface area contributed by atoms with Crippen molar-refractivity contribution in [3.05, 3.63) is 89.5 Å². The Kier molecular flexibility index (Phi) is 4.73. The standard InChI is InChI=1S/C22H15ClN2O2/c23-18-9-5-4-8-17(18)22-25-19-14-16(11-12-20(19)27-22)24-21(26)13-10-15-6-2-1-3-7-15/h1-14H,(H,24,26)/b13-10+. The Bertz CT molecular complexity index is 1130. The summed E-state index contributed by atoms with van der Waals surface area (Å²) >= 11 is 6.21. The number of benzene rings is 3. The van der Waals surface area contributed by atoms with Gasteiger partial charge < -0.3 is 9.73 Å². The third-order valence-corrected chi connectivity index (χ3v) is 4.32. The summed E-state index contributed by atoms with van der Waals surface area (Å²) in [5.41, 5.74) is 3.61. The number of carbonyl (C=O) groups excluding carboxylic acids is 1. The number of nitrogens with zero attached hydrogens (tertiary/aromatic N) is 1. The van der Waals surface area contributed by atoms with E-state index >= 15 is 0 Å². The van der Waals surface area contributed by atoms with E-state index in [2.05, 4.69) is 10.3 Å². The van der Waals surface area contributed by atoms with Gasteiger partial charge >= 0.3 is 0 Å². The molecule has 0 unspecified atom stereocenters. The first-order chi connectivity index (χ1) is 13.2. The fourth-order valence-electron chi connectivity index (χ4n) is 2.68. The van der Waals surface area contributed by atoms with Crippen molar-refractivity contribution in [3.63, 3.8) is 0 Å². The molecule has 27 heavy (non-hydrogen) atoms. The van der Waals surface area contributed by atoms with Crippen LogP contribution in [0.25, 0.3) is 28.6 Å². The Morgan fingerprint density at radius 1 is 1.00 bits per heavy atom. The fraction of sp³-hybridized carbons (Fsp3) is 0. The maximum Gasteiger partial charge on any atom is 0.248 e. The van der Waals surface area contributed by atoms with Gasteiger partial charge in [0.1, 0.15) is 5.52 Å². The molecule has 4 aromatic rings. The highest BCUT2D eigenvalue weighted by molar-refractivity contribution is 6.33. The zero-order chi connectivity index (χ0) is 18.6. The lowest BCUT2D eigenvalue weighted by Crippen LogP contribution is -2.07. The largest absolute Gasteiger partial charge is 0.436 e. The van der Waals surface area contributed by atoms with Gasteiger partial charge in [-0.25, -0.2) is 4.98 Å². The van der Waals surface area contributed by atoms with Gasteiger partial charge in [-0.2, -0.15) is 0 Å². The molecular formula is C22H15ClN2O2. The molecule has 1 amide bonds. The van der Waals surface area contributed by atoms with Crippen LogP contribution in [0.3, 0.4) is 0 Å².